The van der Waals surface area contributed by atoms with Gasteiger partial charge in [-0.3, -0.25) is 8.97 Å². The molecule has 0 atom stereocenters. The minimum absolute atomic E-state index is 0.473. The second kappa shape index (κ2) is 14.5. The van der Waals surface area contributed by atoms with E-state index in [-0.39, 0.29) is 0 Å². The first kappa shape index (κ1) is 37.5. The van der Waals surface area contributed by atoms with Crippen molar-refractivity contribution in [2.45, 2.75) is 0 Å². The molecule has 8 nitrogen and oxygen atoms in total. The Balaban J connectivity index is 1.07. The van der Waals surface area contributed by atoms with Gasteiger partial charge < -0.3 is 4.42 Å². The average Bonchev–Trinajstić information content (AvgIpc) is 4.14. The van der Waals surface area contributed by atoms with Crippen LogP contribution in [0.3, 0.4) is 0 Å². The van der Waals surface area contributed by atoms with E-state index in [2.05, 4.69) is 220 Å². The smallest absolute Gasteiger partial charge is 0.242 e. The summed E-state index contributed by atoms with van der Waals surface area (Å²) in [4.78, 5) is 21.6. The summed E-state index contributed by atoms with van der Waals surface area (Å²) in [6.45, 7) is 0. The van der Waals surface area contributed by atoms with Crippen LogP contribution >= 0.6 is 0 Å². The van der Waals surface area contributed by atoms with Crippen LogP contribution in [0.4, 0.5) is 0 Å². The van der Waals surface area contributed by atoms with Crippen LogP contribution in [0.25, 0.3) is 94.9 Å². The number of aromatic nitrogens is 7. The van der Waals surface area contributed by atoms with Crippen molar-refractivity contribution >= 4 is 100 Å². The summed E-state index contributed by atoms with van der Waals surface area (Å²) >= 11 is 0. The van der Waals surface area contributed by atoms with E-state index < -0.39 is 8.07 Å². The quantitative estimate of drug-likeness (QED) is 0.118. The third kappa shape index (κ3) is 5.52. The molecule has 0 fully saturated rings. The number of para-hydroxylation sites is 7. The summed E-state index contributed by atoms with van der Waals surface area (Å²) in [7, 11) is -3.08. The summed E-state index contributed by atoms with van der Waals surface area (Å²) in [6.07, 6.45) is 0. The van der Waals surface area contributed by atoms with Gasteiger partial charge in [0.15, 0.2) is 13.9 Å². The summed E-state index contributed by atoms with van der Waals surface area (Å²) in [5, 5.41) is 9.42. The van der Waals surface area contributed by atoms with Crippen molar-refractivity contribution in [3.63, 3.8) is 0 Å². The van der Waals surface area contributed by atoms with Gasteiger partial charge in [0, 0.05) is 27.1 Å². The number of fused-ring (bicyclic) bond motifs is 11. The number of nitrogens with zero attached hydrogens (tertiary/aromatic N) is 7. The highest BCUT2D eigenvalue weighted by molar-refractivity contribution is 7.20. The molecule has 0 aliphatic heterocycles. The molecule has 0 aliphatic rings. The van der Waals surface area contributed by atoms with Gasteiger partial charge in [-0.2, -0.15) is 15.0 Å². The van der Waals surface area contributed by atoms with Gasteiger partial charge in [-0.25, -0.2) is 9.55 Å². The van der Waals surface area contributed by atoms with Gasteiger partial charge in [0.2, 0.25) is 17.7 Å². The van der Waals surface area contributed by atoms with E-state index in [1.807, 2.05) is 18.2 Å². The van der Waals surface area contributed by atoms with E-state index >= 15 is 0 Å². The molecule has 314 valence electrons. The van der Waals surface area contributed by atoms with Crippen molar-refractivity contribution in [3.05, 3.63) is 224 Å². The largest absolute Gasteiger partial charge is 0.456 e. The maximum Gasteiger partial charge on any atom is 0.242 e. The lowest BCUT2D eigenvalue weighted by molar-refractivity contribution is 0.669. The molecule has 0 unspecified atom stereocenters. The van der Waals surface area contributed by atoms with E-state index in [4.69, 9.17) is 24.4 Å². The van der Waals surface area contributed by atoms with Gasteiger partial charge in [-0.1, -0.05) is 176 Å². The molecule has 0 radical (unpaired) electrons. The van der Waals surface area contributed by atoms with Crippen molar-refractivity contribution in [1.82, 2.24) is 33.5 Å². The third-order valence-electron chi connectivity index (χ3n) is 13.5. The second-order valence-electron chi connectivity index (χ2n) is 17.1. The van der Waals surface area contributed by atoms with Gasteiger partial charge in [0.25, 0.3) is 0 Å². The molecule has 0 aliphatic carbocycles. The average molecular weight is 876 g/mol. The Hall–Kier alpha value is -8.92. The zero-order valence-electron chi connectivity index (χ0n) is 35.9. The minimum atomic E-state index is -3.08. The Morgan fingerprint density at radius 2 is 0.881 bits per heavy atom. The molecular weight excluding hydrogens is 839 g/mol. The molecule has 14 rings (SSSR count). The van der Waals surface area contributed by atoms with Crippen molar-refractivity contribution in [2.24, 2.45) is 0 Å². The number of benzene rings is 9. The maximum absolute atomic E-state index is 6.40. The molecule has 0 saturated heterocycles. The molecule has 0 N–H and O–H groups in total. The van der Waals surface area contributed by atoms with Gasteiger partial charge in [0.05, 0.1) is 33.1 Å². The Bertz CT molecular complexity index is 4150. The van der Waals surface area contributed by atoms with Crippen LogP contribution < -0.4 is 20.7 Å². The van der Waals surface area contributed by atoms with Crippen molar-refractivity contribution in [1.29, 1.82) is 0 Å². The molecule has 5 heterocycles. The third-order valence-corrected chi connectivity index (χ3v) is 18.2. The standard InChI is InChI=1S/C58H37N7OSi/c1-3-19-39(20-4-1)67(40-21-5-2-6-22-40,42-34-35-54-46(37-42)45-26-9-16-33-53(45)66-54)41-23-17-18-38(36-41)55-60-56(63-48-28-11-7-24-43(48)44-25-8-12-29-49(44)63)62-57(61-55)65-52-32-15-14-31-51(52)64-50-30-13-10-27-47(50)59-58(64)65/h1-37H. The topological polar surface area (TPSA) is 79.0 Å². The van der Waals surface area contributed by atoms with Crippen LogP contribution in [0, 0.1) is 0 Å². The van der Waals surface area contributed by atoms with Gasteiger partial charge in [-0.15, -0.1) is 0 Å². The van der Waals surface area contributed by atoms with Gasteiger partial charge >= 0.3 is 0 Å². The van der Waals surface area contributed by atoms with Crippen LogP contribution in [-0.2, 0) is 0 Å². The first-order valence-electron chi connectivity index (χ1n) is 22.5. The summed E-state index contributed by atoms with van der Waals surface area (Å²) < 4.78 is 12.9. The summed E-state index contributed by atoms with van der Waals surface area (Å²) in [6, 6.07) is 79.6. The molecule has 5 aromatic heterocycles. The fourth-order valence-electron chi connectivity index (χ4n) is 10.6. The lowest BCUT2D eigenvalue weighted by Gasteiger charge is -2.34. The Labute approximate surface area is 384 Å². The second-order valence-corrected chi connectivity index (χ2v) is 20.9. The van der Waals surface area contributed by atoms with E-state index in [1.54, 1.807) is 0 Å². The number of furan rings is 1. The normalized spacial score (nSPS) is 12.2. The van der Waals surface area contributed by atoms with E-state index in [0.29, 0.717) is 17.7 Å². The Kier molecular flexibility index (Phi) is 8.13. The van der Waals surface area contributed by atoms with Gasteiger partial charge in [-0.05, 0) is 69.3 Å². The first-order chi connectivity index (χ1) is 33.2. The van der Waals surface area contributed by atoms with Crippen LogP contribution in [0.15, 0.2) is 229 Å². The summed E-state index contributed by atoms with van der Waals surface area (Å²) in [5.41, 5.74) is 8.51. The van der Waals surface area contributed by atoms with Crippen LogP contribution in [0.5, 0.6) is 0 Å². The molecule has 0 spiro atoms. The molecule has 9 heteroatoms. The van der Waals surface area contributed by atoms with Crippen LogP contribution in [-0.4, -0.2) is 41.5 Å². The van der Waals surface area contributed by atoms with Crippen molar-refractivity contribution < 1.29 is 4.42 Å². The predicted octanol–water partition coefficient (Wildman–Crippen LogP) is 10.7. The lowest BCUT2D eigenvalue weighted by atomic mass is 10.1. The minimum Gasteiger partial charge on any atom is -0.456 e. The number of hydrogen-bond donors (Lipinski definition) is 0. The molecule has 14 aromatic rings. The highest BCUT2D eigenvalue weighted by Crippen LogP contribution is 2.34. The zero-order valence-corrected chi connectivity index (χ0v) is 36.9. The van der Waals surface area contributed by atoms with Crippen LogP contribution in [0.1, 0.15) is 0 Å². The van der Waals surface area contributed by atoms with Crippen LogP contribution in [0.2, 0.25) is 0 Å². The molecule has 0 bridgehead atoms. The first-order valence-corrected chi connectivity index (χ1v) is 24.5. The lowest BCUT2D eigenvalue weighted by Crippen LogP contribution is -2.74. The molecule has 67 heavy (non-hydrogen) atoms. The van der Waals surface area contributed by atoms with E-state index in [1.165, 1.54) is 20.7 Å². The Morgan fingerprint density at radius 1 is 0.343 bits per heavy atom. The van der Waals surface area contributed by atoms with Crippen molar-refractivity contribution in [3.8, 4) is 23.3 Å². The molecule has 0 saturated carbocycles. The van der Waals surface area contributed by atoms with E-state index in [9.17, 15) is 0 Å². The number of imidazole rings is 2. The fourth-order valence-corrected chi connectivity index (χ4v) is 15.4. The van der Waals surface area contributed by atoms with Crippen molar-refractivity contribution in [2.75, 3.05) is 0 Å². The fraction of sp³-hybridized carbons (Fsp3) is 0. The SMILES string of the molecule is c1ccc([Si](c2ccccc2)(c2cccc(-c3nc(-n4c5ccccc5c5ccccc54)nc(-n4c5ccccc5n5c6ccccc6nc45)n3)c2)c2ccc3oc4ccccc4c3c2)cc1. The highest BCUT2D eigenvalue weighted by Gasteiger charge is 2.42. The Morgan fingerprint density at radius 3 is 1.60 bits per heavy atom. The predicted molar refractivity (Wildman–Crippen MR) is 274 cm³/mol. The monoisotopic (exact) mass is 875 g/mol. The molecular formula is C58H37N7OSi. The number of hydrogen-bond acceptors (Lipinski definition) is 5. The number of rotatable bonds is 7. The zero-order chi connectivity index (χ0) is 44.1. The molecule has 0 amide bonds. The molecule has 9 aromatic carbocycles. The van der Waals surface area contributed by atoms with Gasteiger partial charge in [0.1, 0.15) is 11.2 Å². The highest BCUT2D eigenvalue weighted by atomic mass is 28.3. The summed E-state index contributed by atoms with van der Waals surface area (Å²) in [5.74, 6) is 2.27. The maximum atomic E-state index is 6.40. The van der Waals surface area contributed by atoms with E-state index in [0.717, 1.165) is 77.2 Å².